The number of H-pyrrole nitrogens is 1. The van der Waals surface area contributed by atoms with Crippen molar-refractivity contribution in [2.75, 3.05) is 11.9 Å². The van der Waals surface area contributed by atoms with E-state index in [0.717, 1.165) is 11.3 Å². The van der Waals surface area contributed by atoms with Crippen molar-refractivity contribution in [2.45, 2.75) is 39.0 Å². The molecular weight excluding hydrogens is 400 g/mol. The molecule has 158 valence electrons. The Morgan fingerprint density at radius 2 is 1.97 bits per heavy atom. The van der Waals surface area contributed by atoms with Gasteiger partial charge in [0.05, 0.1) is 12.3 Å². The highest BCUT2D eigenvalue weighted by Gasteiger charge is 2.13. The van der Waals surface area contributed by atoms with E-state index >= 15 is 0 Å². The first-order valence-corrected chi connectivity index (χ1v) is 10.6. The molecule has 0 unspecified atom stereocenters. The summed E-state index contributed by atoms with van der Waals surface area (Å²) in [6.07, 6.45) is 2.60. The predicted octanol–water partition coefficient (Wildman–Crippen LogP) is 4.33. The Morgan fingerprint density at radius 1 is 1.23 bits per heavy atom. The molecule has 2 heterocycles. The average molecular weight is 427 g/mol. The van der Waals surface area contributed by atoms with Crippen LogP contribution >= 0.6 is 11.3 Å². The Bertz CT molecular complexity index is 1020. The van der Waals surface area contributed by atoms with E-state index in [1.165, 1.54) is 16.9 Å². The molecule has 3 aromatic rings. The summed E-state index contributed by atoms with van der Waals surface area (Å²) in [5.74, 6) is 0.154. The minimum absolute atomic E-state index is 0.109. The molecule has 1 aromatic carbocycles. The van der Waals surface area contributed by atoms with Gasteiger partial charge in [-0.15, -0.1) is 11.3 Å². The molecule has 0 aliphatic rings. The molecule has 7 nitrogen and oxygen atoms in total. The summed E-state index contributed by atoms with van der Waals surface area (Å²) in [5.41, 5.74) is 8.33. The van der Waals surface area contributed by atoms with Gasteiger partial charge in [-0.3, -0.25) is 9.59 Å². The molecule has 0 fully saturated rings. The number of aromatic nitrogens is 2. The zero-order valence-corrected chi connectivity index (χ0v) is 18.1. The van der Waals surface area contributed by atoms with Gasteiger partial charge in [0.25, 0.3) is 5.91 Å². The first kappa shape index (κ1) is 21.6. The summed E-state index contributed by atoms with van der Waals surface area (Å²) in [5, 5.41) is 5.12. The third-order valence-electron chi connectivity index (χ3n) is 4.53. The molecule has 3 rings (SSSR count). The predicted molar refractivity (Wildman–Crippen MR) is 119 cm³/mol. The molecule has 2 amide bonds. The number of aromatic amines is 1. The van der Waals surface area contributed by atoms with Crippen molar-refractivity contribution in [1.82, 2.24) is 9.97 Å². The fourth-order valence-corrected chi connectivity index (χ4v) is 3.54. The second-order valence-corrected chi connectivity index (χ2v) is 8.84. The van der Waals surface area contributed by atoms with Gasteiger partial charge in [0.1, 0.15) is 11.4 Å². The summed E-state index contributed by atoms with van der Waals surface area (Å²) < 4.78 is 5.72. The van der Waals surface area contributed by atoms with E-state index in [-0.39, 0.29) is 11.3 Å². The Labute approximate surface area is 179 Å². The summed E-state index contributed by atoms with van der Waals surface area (Å²) in [6.45, 7) is 6.97. The fraction of sp³-hybridized carbons (Fsp3) is 0.318. The van der Waals surface area contributed by atoms with Crippen LogP contribution in [0.5, 0.6) is 5.75 Å². The number of rotatable bonds is 8. The van der Waals surface area contributed by atoms with Crippen molar-refractivity contribution in [1.29, 1.82) is 0 Å². The fourth-order valence-electron chi connectivity index (χ4n) is 2.80. The highest BCUT2D eigenvalue weighted by Crippen LogP contribution is 2.26. The zero-order chi connectivity index (χ0) is 21.7. The lowest BCUT2D eigenvalue weighted by Gasteiger charge is -2.19. The number of carbonyl (C=O) groups excluding carboxylic acids is 2. The van der Waals surface area contributed by atoms with Crippen LogP contribution in [-0.2, 0) is 10.2 Å². The van der Waals surface area contributed by atoms with E-state index in [4.69, 9.17) is 10.5 Å². The van der Waals surface area contributed by atoms with E-state index in [1.54, 1.807) is 12.3 Å². The van der Waals surface area contributed by atoms with Crippen molar-refractivity contribution >= 4 is 28.3 Å². The van der Waals surface area contributed by atoms with E-state index in [1.807, 2.05) is 17.5 Å². The third-order valence-corrected chi connectivity index (χ3v) is 5.29. The second-order valence-electron chi connectivity index (χ2n) is 7.98. The zero-order valence-electron chi connectivity index (χ0n) is 17.3. The topological polar surface area (TPSA) is 110 Å². The van der Waals surface area contributed by atoms with Crippen LogP contribution in [0.15, 0.2) is 41.9 Å². The van der Waals surface area contributed by atoms with Gasteiger partial charge in [-0.25, -0.2) is 4.98 Å². The number of nitrogens with one attached hydrogen (secondary N) is 2. The molecule has 4 N–H and O–H groups in total. The summed E-state index contributed by atoms with van der Waals surface area (Å²) in [4.78, 5) is 30.5. The van der Waals surface area contributed by atoms with Gasteiger partial charge in [-0.1, -0.05) is 32.9 Å². The van der Waals surface area contributed by atoms with Gasteiger partial charge < -0.3 is 20.8 Å². The molecule has 0 aliphatic heterocycles. The van der Waals surface area contributed by atoms with Crippen LogP contribution < -0.4 is 15.8 Å². The quantitative estimate of drug-likeness (QED) is 0.466. The molecular formula is C22H26N4O3S. The van der Waals surface area contributed by atoms with Crippen LogP contribution in [0.3, 0.4) is 0 Å². The lowest BCUT2D eigenvalue weighted by atomic mass is 9.87. The number of nitrogens with zero attached hydrogens (tertiary/aromatic N) is 1. The number of hydrogen-bond donors (Lipinski definition) is 3. The number of benzene rings is 1. The normalized spacial score (nSPS) is 11.3. The van der Waals surface area contributed by atoms with Crippen LogP contribution in [0.2, 0.25) is 0 Å². The lowest BCUT2D eigenvalue weighted by molar-refractivity contribution is -0.116. The molecule has 0 radical (unpaired) electrons. The minimum atomic E-state index is -0.530. The van der Waals surface area contributed by atoms with Crippen molar-refractivity contribution in [2.24, 2.45) is 5.73 Å². The molecule has 0 aliphatic carbocycles. The average Bonchev–Trinajstić information content (AvgIpc) is 3.34. The SMILES string of the molecule is CC(C)(C)c1ccc(OCCCC(=O)Nc2nc(-c3c[nH]c(C(N)=O)c3)cs2)cc1. The van der Waals surface area contributed by atoms with E-state index in [9.17, 15) is 9.59 Å². The largest absolute Gasteiger partial charge is 0.494 e. The number of ether oxygens (including phenoxy) is 1. The van der Waals surface area contributed by atoms with E-state index in [2.05, 4.69) is 48.2 Å². The molecule has 8 heteroatoms. The van der Waals surface area contributed by atoms with Crippen LogP contribution in [0, 0.1) is 0 Å². The van der Waals surface area contributed by atoms with Gasteiger partial charge in [-0.05, 0) is 35.6 Å². The third kappa shape index (κ3) is 5.70. The van der Waals surface area contributed by atoms with Gasteiger partial charge >= 0.3 is 0 Å². The van der Waals surface area contributed by atoms with Crippen molar-refractivity contribution < 1.29 is 14.3 Å². The Hall–Kier alpha value is -3.13. The van der Waals surface area contributed by atoms with Gasteiger partial charge in [-0.2, -0.15) is 0 Å². The molecule has 0 atom stereocenters. The molecule has 30 heavy (non-hydrogen) atoms. The number of nitrogens with two attached hydrogens (primary N) is 1. The number of primary amides is 1. The maximum Gasteiger partial charge on any atom is 0.265 e. The standard InChI is InChI=1S/C22H26N4O3S/c1-22(2,3)15-6-8-16(9-7-15)29-10-4-5-19(27)26-21-25-18(13-30-21)14-11-17(20(23)28)24-12-14/h6-9,11-13,24H,4-5,10H2,1-3H3,(H2,23,28)(H,25,26,27). The minimum Gasteiger partial charge on any atom is -0.494 e. The Kier molecular flexibility index (Phi) is 6.56. The summed E-state index contributed by atoms with van der Waals surface area (Å²) >= 11 is 1.33. The van der Waals surface area contributed by atoms with Gasteiger partial charge in [0.2, 0.25) is 5.91 Å². The first-order chi connectivity index (χ1) is 14.2. The van der Waals surface area contributed by atoms with Crippen LogP contribution in [0.4, 0.5) is 5.13 Å². The van der Waals surface area contributed by atoms with E-state index < -0.39 is 5.91 Å². The van der Waals surface area contributed by atoms with Gasteiger partial charge in [0.15, 0.2) is 5.13 Å². The summed E-state index contributed by atoms with van der Waals surface area (Å²) in [6, 6.07) is 9.69. The number of hydrogen-bond acceptors (Lipinski definition) is 5. The molecule has 0 bridgehead atoms. The van der Waals surface area contributed by atoms with Crippen LogP contribution in [0.1, 0.15) is 49.7 Å². The maximum atomic E-state index is 12.2. The smallest absolute Gasteiger partial charge is 0.265 e. The number of amides is 2. The summed E-state index contributed by atoms with van der Waals surface area (Å²) in [7, 11) is 0. The van der Waals surface area contributed by atoms with Crippen molar-refractivity contribution in [3.63, 3.8) is 0 Å². The second kappa shape index (κ2) is 9.13. The van der Waals surface area contributed by atoms with Gasteiger partial charge in [0, 0.05) is 23.6 Å². The van der Waals surface area contributed by atoms with E-state index in [0.29, 0.717) is 36.0 Å². The molecule has 2 aromatic heterocycles. The number of thiazole rings is 1. The van der Waals surface area contributed by atoms with Crippen LogP contribution in [-0.4, -0.2) is 28.4 Å². The molecule has 0 saturated carbocycles. The highest BCUT2D eigenvalue weighted by atomic mass is 32.1. The van der Waals surface area contributed by atoms with Crippen LogP contribution in [0.25, 0.3) is 11.3 Å². The lowest BCUT2D eigenvalue weighted by Crippen LogP contribution is -2.13. The maximum absolute atomic E-state index is 12.2. The van der Waals surface area contributed by atoms with Crippen molar-refractivity contribution in [3.05, 3.63) is 53.2 Å². The first-order valence-electron chi connectivity index (χ1n) is 9.70. The number of carbonyl (C=O) groups is 2. The monoisotopic (exact) mass is 426 g/mol. The molecule has 0 spiro atoms. The Balaban J connectivity index is 1.43. The number of anilines is 1. The Morgan fingerprint density at radius 3 is 2.60 bits per heavy atom. The van der Waals surface area contributed by atoms with Crippen molar-refractivity contribution in [3.8, 4) is 17.0 Å². The molecule has 0 saturated heterocycles. The highest BCUT2D eigenvalue weighted by molar-refractivity contribution is 7.14.